The van der Waals surface area contributed by atoms with Crippen LogP contribution in [0.5, 0.6) is 0 Å². The van der Waals surface area contributed by atoms with Gasteiger partial charge in [0, 0.05) is 0 Å². The summed E-state index contributed by atoms with van der Waals surface area (Å²) in [4.78, 5) is 12.6. The highest BCUT2D eigenvalue weighted by Gasteiger charge is 2.31. The second-order valence-corrected chi connectivity index (χ2v) is 6.46. The van der Waals surface area contributed by atoms with Crippen molar-refractivity contribution in [2.24, 2.45) is 5.41 Å². The van der Waals surface area contributed by atoms with E-state index in [1.165, 1.54) is 25.7 Å². The van der Waals surface area contributed by atoms with Gasteiger partial charge in [0.25, 0.3) is 5.56 Å². The molecule has 1 aliphatic rings. The van der Waals surface area contributed by atoms with E-state index in [0.29, 0.717) is 17.4 Å². The van der Waals surface area contributed by atoms with E-state index in [-0.39, 0.29) is 11.0 Å². The highest BCUT2D eigenvalue weighted by molar-refractivity contribution is 7.80. The molecule has 0 atom stereocenters. The molecule has 1 aliphatic carbocycles. The van der Waals surface area contributed by atoms with Gasteiger partial charge in [0.05, 0.1) is 11.9 Å². The number of hydrogen-bond acceptors (Lipinski definition) is 4. The summed E-state index contributed by atoms with van der Waals surface area (Å²) in [7, 11) is 0. The molecule has 5 heteroatoms. The van der Waals surface area contributed by atoms with Gasteiger partial charge in [0.15, 0.2) is 0 Å². The van der Waals surface area contributed by atoms with Crippen molar-refractivity contribution in [2.75, 3.05) is 5.75 Å². The Labute approximate surface area is 130 Å². The van der Waals surface area contributed by atoms with Crippen LogP contribution < -0.4 is 5.56 Å². The first kappa shape index (κ1) is 14.6. The molecule has 1 aromatic heterocycles. The fourth-order valence-corrected chi connectivity index (χ4v) is 3.71. The lowest BCUT2D eigenvalue weighted by Crippen LogP contribution is -2.35. The third kappa shape index (κ3) is 2.98. The van der Waals surface area contributed by atoms with Crippen molar-refractivity contribution >= 4 is 23.5 Å². The van der Waals surface area contributed by atoms with Crippen LogP contribution in [-0.2, 0) is 6.54 Å². The van der Waals surface area contributed by atoms with Crippen molar-refractivity contribution in [1.82, 2.24) is 15.0 Å². The largest absolute Gasteiger partial charge is 0.277 e. The Balaban J connectivity index is 1.96. The van der Waals surface area contributed by atoms with Crippen LogP contribution in [0.4, 0.5) is 0 Å². The van der Waals surface area contributed by atoms with Crippen LogP contribution >= 0.6 is 12.6 Å². The van der Waals surface area contributed by atoms with Crippen LogP contribution in [0.1, 0.15) is 38.5 Å². The number of aromatic nitrogens is 3. The highest BCUT2D eigenvalue weighted by Crippen LogP contribution is 2.37. The second-order valence-electron chi connectivity index (χ2n) is 6.14. The molecular weight excluding hydrogens is 282 g/mol. The van der Waals surface area contributed by atoms with Crippen molar-refractivity contribution < 1.29 is 0 Å². The van der Waals surface area contributed by atoms with E-state index in [1.807, 2.05) is 24.3 Å². The number of rotatable bonds is 3. The molecule has 0 saturated heterocycles. The summed E-state index contributed by atoms with van der Waals surface area (Å²) >= 11 is 4.57. The van der Waals surface area contributed by atoms with Gasteiger partial charge >= 0.3 is 0 Å². The van der Waals surface area contributed by atoms with Gasteiger partial charge in [-0.3, -0.25) is 4.79 Å². The molecule has 1 saturated carbocycles. The van der Waals surface area contributed by atoms with E-state index in [0.717, 1.165) is 18.6 Å². The molecule has 3 rings (SSSR count). The van der Waals surface area contributed by atoms with Crippen molar-refractivity contribution in [1.29, 1.82) is 0 Å². The lowest BCUT2D eigenvalue weighted by Gasteiger charge is -2.30. The van der Waals surface area contributed by atoms with Gasteiger partial charge in [-0.15, -0.1) is 5.10 Å². The van der Waals surface area contributed by atoms with Gasteiger partial charge in [0.1, 0.15) is 5.52 Å². The summed E-state index contributed by atoms with van der Waals surface area (Å²) in [6, 6.07) is 7.40. The lowest BCUT2D eigenvalue weighted by molar-refractivity contribution is 0.223. The molecule has 2 aromatic rings. The standard InChI is InChI=1S/C16H21N3OS/c20-15-13-7-3-4-8-14(13)17-18-19(15)11-16(12-21)9-5-1-2-6-10-16/h3-4,7-8,21H,1-2,5-6,9-12H2. The van der Waals surface area contributed by atoms with Gasteiger partial charge in [-0.1, -0.05) is 43.0 Å². The van der Waals surface area contributed by atoms with Crippen molar-refractivity contribution in [3.05, 3.63) is 34.6 Å². The fraction of sp³-hybridized carbons (Fsp3) is 0.562. The summed E-state index contributed by atoms with van der Waals surface area (Å²) < 4.78 is 1.55. The van der Waals surface area contributed by atoms with Crippen LogP contribution in [0.3, 0.4) is 0 Å². The van der Waals surface area contributed by atoms with Crippen LogP contribution in [0, 0.1) is 5.41 Å². The third-order valence-corrected chi connectivity index (χ3v) is 5.28. The average molecular weight is 303 g/mol. The Morgan fingerprint density at radius 3 is 2.57 bits per heavy atom. The molecule has 1 fully saturated rings. The molecule has 0 amide bonds. The van der Waals surface area contributed by atoms with Crippen LogP contribution in [0.15, 0.2) is 29.1 Å². The number of fused-ring (bicyclic) bond motifs is 1. The summed E-state index contributed by atoms with van der Waals surface area (Å²) in [5.41, 5.74) is 0.714. The van der Waals surface area contributed by atoms with Crippen molar-refractivity contribution in [2.45, 2.75) is 45.1 Å². The number of benzene rings is 1. The number of nitrogens with zero attached hydrogens (tertiary/aromatic N) is 3. The highest BCUT2D eigenvalue weighted by atomic mass is 32.1. The monoisotopic (exact) mass is 303 g/mol. The summed E-state index contributed by atoms with van der Waals surface area (Å²) in [6.45, 7) is 0.632. The predicted molar refractivity (Wildman–Crippen MR) is 87.8 cm³/mol. The smallest absolute Gasteiger partial charge is 0.267 e. The molecule has 1 aromatic carbocycles. The minimum atomic E-state index is -0.0361. The van der Waals surface area contributed by atoms with Crippen LogP contribution in [0.25, 0.3) is 10.9 Å². The van der Waals surface area contributed by atoms with Gasteiger partial charge in [-0.05, 0) is 36.1 Å². The molecule has 21 heavy (non-hydrogen) atoms. The van der Waals surface area contributed by atoms with E-state index in [1.54, 1.807) is 4.68 Å². The van der Waals surface area contributed by atoms with Crippen molar-refractivity contribution in [3.8, 4) is 0 Å². The maximum Gasteiger partial charge on any atom is 0.277 e. The molecule has 0 aliphatic heterocycles. The second kappa shape index (κ2) is 6.18. The summed E-state index contributed by atoms with van der Waals surface area (Å²) in [5.74, 6) is 0.800. The van der Waals surface area contributed by atoms with Gasteiger partial charge in [0.2, 0.25) is 0 Å². The lowest BCUT2D eigenvalue weighted by atomic mass is 9.82. The van der Waals surface area contributed by atoms with Gasteiger partial charge in [-0.2, -0.15) is 12.6 Å². The molecule has 0 radical (unpaired) electrons. The zero-order valence-electron chi connectivity index (χ0n) is 12.2. The Hall–Kier alpha value is -1.36. The molecule has 4 nitrogen and oxygen atoms in total. The molecule has 0 bridgehead atoms. The fourth-order valence-electron chi connectivity index (χ4n) is 3.29. The maximum absolute atomic E-state index is 12.6. The third-order valence-electron chi connectivity index (χ3n) is 4.61. The summed E-state index contributed by atoms with van der Waals surface area (Å²) in [6.07, 6.45) is 7.25. The van der Waals surface area contributed by atoms with Crippen LogP contribution in [-0.4, -0.2) is 20.7 Å². The first-order valence-corrected chi connectivity index (χ1v) is 8.31. The maximum atomic E-state index is 12.6. The molecule has 1 heterocycles. The Kier molecular flexibility index (Phi) is 4.29. The minimum Gasteiger partial charge on any atom is -0.267 e. The number of hydrogen-bond donors (Lipinski definition) is 1. The molecular formula is C16H21N3OS. The van der Waals surface area contributed by atoms with Gasteiger partial charge < -0.3 is 0 Å². The zero-order valence-corrected chi connectivity index (χ0v) is 13.1. The van der Waals surface area contributed by atoms with E-state index in [4.69, 9.17) is 0 Å². The quantitative estimate of drug-likeness (QED) is 0.700. The SMILES string of the molecule is O=c1c2ccccc2nnn1CC1(CS)CCCCCC1. The molecule has 112 valence electrons. The predicted octanol–water partition coefficient (Wildman–Crippen LogP) is 3.06. The average Bonchev–Trinajstić information content (AvgIpc) is 2.77. The van der Waals surface area contributed by atoms with Gasteiger partial charge in [-0.25, -0.2) is 4.68 Å². The van der Waals surface area contributed by atoms with E-state index in [2.05, 4.69) is 22.9 Å². The van der Waals surface area contributed by atoms with E-state index < -0.39 is 0 Å². The Morgan fingerprint density at radius 1 is 1.14 bits per heavy atom. The first-order valence-electron chi connectivity index (χ1n) is 7.68. The minimum absolute atomic E-state index is 0.0361. The van der Waals surface area contributed by atoms with Crippen LogP contribution in [0.2, 0.25) is 0 Å². The van der Waals surface area contributed by atoms with E-state index in [9.17, 15) is 4.79 Å². The molecule has 0 unspecified atom stereocenters. The molecule has 0 spiro atoms. The topological polar surface area (TPSA) is 47.8 Å². The summed E-state index contributed by atoms with van der Waals surface area (Å²) in [5, 5.41) is 8.98. The van der Waals surface area contributed by atoms with Crippen molar-refractivity contribution in [3.63, 3.8) is 0 Å². The Morgan fingerprint density at radius 2 is 1.86 bits per heavy atom. The normalized spacial score (nSPS) is 18.5. The zero-order chi connectivity index (χ0) is 14.7. The number of thiol groups is 1. The first-order chi connectivity index (χ1) is 10.2. The van der Waals surface area contributed by atoms with E-state index >= 15 is 0 Å². The Bertz CT molecular complexity index is 675. The molecule has 0 N–H and O–H groups in total.